The fourth-order valence-corrected chi connectivity index (χ4v) is 1.85. The fraction of sp³-hybridized carbons (Fsp3) is 0.0769. The maximum absolute atomic E-state index is 11.9. The molecular formula is C13H11BrN2O2. The summed E-state index contributed by atoms with van der Waals surface area (Å²) in [5, 5.41) is 11.8. The maximum atomic E-state index is 11.9. The minimum atomic E-state index is -0.237. The number of carbonyl (C=O) groups excluding carboxylic acids is 1. The number of nitrogens with zero attached hydrogens (tertiary/aromatic N) is 1. The van der Waals surface area contributed by atoms with E-state index < -0.39 is 0 Å². The van der Waals surface area contributed by atoms with Gasteiger partial charge in [-0.2, -0.15) is 0 Å². The number of hydrogen-bond donors (Lipinski definition) is 2. The van der Waals surface area contributed by atoms with Crippen molar-refractivity contribution in [2.75, 3.05) is 5.32 Å². The first-order chi connectivity index (χ1) is 8.69. The van der Waals surface area contributed by atoms with Gasteiger partial charge >= 0.3 is 0 Å². The second-order valence-electron chi connectivity index (χ2n) is 3.70. The van der Waals surface area contributed by atoms with E-state index >= 15 is 0 Å². The number of aliphatic hydroxyl groups is 1. The lowest BCUT2D eigenvalue weighted by Crippen LogP contribution is -2.12. The van der Waals surface area contributed by atoms with Gasteiger partial charge in [-0.1, -0.05) is 12.1 Å². The van der Waals surface area contributed by atoms with E-state index in [0.29, 0.717) is 11.3 Å². The highest BCUT2D eigenvalue weighted by molar-refractivity contribution is 9.10. The molecule has 4 nitrogen and oxygen atoms in total. The fourth-order valence-electron chi connectivity index (χ4n) is 1.49. The monoisotopic (exact) mass is 306 g/mol. The third-order valence-corrected chi connectivity index (χ3v) is 2.77. The van der Waals surface area contributed by atoms with Crippen LogP contribution in [0.4, 0.5) is 5.69 Å². The molecule has 0 radical (unpaired) electrons. The third kappa shape index (κ3) is 3.15. The second-order valence-corrected chi connectivity index (χ2v) is 4.62. The van der Waals surface area contributed by atoms with Crippen molar-refractivity contribution in [1.82, 2.24) is 4.98 Å². The van der Waals surface area contributed by atoms with Crippen molar-refractivity contribution >= 4 is 27.5 Å². The lowest BCUT2D eigenvalue weighted by atomic mass is 10.2. The molecule has 0 saturated heterocycles. The molecule has 2 aromatic rings. The van der Waals surface area contributed by atoms with Crippen molar-refractivity contribution in [2.24, 2.45) is 0 Å². The van der Waals surface area contributed by atoms with Crippen LogP contribution >= 0.6 is 15.9 Å². The summed E-state index contributed by atoms with van der Waals surface area (Å²) in [6, 6.07) is 8.75. The zero-order valence-corrected chi connectivity index (χ0v) is 11.0. The van der Waals surface area contributed by atoms with Gasteiger partial charge in [0, 0.05) is 22.6 Å². The van der Waals surface area contributed by atoms with E-state index in [-0.39, 0.29) is 12.5 Å². The van der Waals surface area contributed by atoms with Crippen LogP contribution in [0.1, 0.15) is 15.9 Å². The van der Waals surface area contributed by atoms with Gasteiger partial charge in [-0.3, -0.25) is 9.78 Å². The highest BCUT2D eigenvalue weighted by Crippen LogP contribution is 2.14. The smallest absolute Gasteiger partial charge is 0.257 e. The van der Waals surface area contributed by atoms with Crippen LogP contribution in [-0.4, -0.2) is 16.0 Å². The van der Waals surface area contributed by atoms with Gasteiger partial charge in [-0.25, -0.2) is 0 Å². The Morgan fingerprint density at radius 3 is 2.89 bits per heavy atom. The molecule has 1 amide bonds. The average Bonchev–Trinajstić information content (AvgIpc) is 2.39. The van der Waals surface area contributed by atoms with E-state index in [9.17, 15) is 4.79 Å². The second kappa shape index (κ2) is 5.75. The number of aromatic nitrogens is 1. The molecule has 0 aliphatic heterocycles. The summed E-state index contributed by atoms with van der Waals surface area (Å²) in [6.45, 7) is -0.0534. The van der Waals surface area contributed by atoms with Crippen molar-refractivity contribution in [2.45, 2.75) is 6.61 Å². The maximum Gasteiger partial charge on any atom is 0.257 e. The molecule has 0 bridgehead atoms. The number of amides is 1. The molecule has 0 saturated carbocycles. The van der Waals surface area contributed by atoms with Gasteiger partial charge in [0.15, 0.2) is 0 Å². The molecule has 2 rings (SSSR count). The van der Waals surface area contributed by atoms with Gasteiger partial charge < -0.3 is 10.4 Å². The number of pyridine rings is 1. The molecule has 5 heteroatoms. The van der Waals surface area contributed by atoms with Gasteiger partial charge in [-0.05, 0) is 39.7 Å². The van der Waals surface area contributed by atoms with Crippen molar-refractivity contribution in [3.05, 3.63) is 58.3 Å². The van der Waals surface area contributed by atoms with Gasteiger partial charge in [0.2, 0.25) is 0 Å². The Kier molecular flexibility index (Phi) is 4.07. The summed E-state index contributed by atoms with van der Waals surface area (Å²) in [5.74, 6) is -0.237. The molecule has 2 N–H and O–H groups in total. The van der Waals surface area contributed by atoms with Crippen LogP contribution in [0.25, 0.3) is 0 Å². The van der Waals surface area contributed by atoms with Gasteiger partial charge in [0.1, 0.15) is 0 Å². The highest BCUT2D eigenvalue weighted by atomic mass is 79.9. The molecule has 0 spiro atoms. The molecular weight excluding hydrogens is 296 g/mol. The highest BCUT2D eigenvalue weighted by Gasteiger charge is 2.07. The standard InChI is InChI=1S/C13H11BrN2O2/c14-11-5-10(6-15-7-11)13(18)16-12-3-1-2-9(4-12)8-17/h1-7,17H,8H2,(H,16,18). The van der Waals surface area contributed by atoms with E-state index in [0.717, 1.165) is 10.0 Å². The first kappa shape index (κ1) is 12.7. The molecule has 92 valence electrons. The van der Waals surface area contributed by atoms with Crippen molar-refractivity contribution in [3.8, 4) is 0 Å². The number of carbonyl (C=O) groups is 1. The molecule has 0 unspecified atom stereocenters. The largest absolute Gasteiger partial charge is 0.392 e. The van der Waals surface area contributed by atoms with E-state index in [4.69, 9.17) is 5.11 Å². The topological polar surface area (TPSA) is 62.2 Å². The normalized spacial score (nSPS) is 10.1. The molecule has 0 aliphatic carbocycles. The van der Waals surface area contributed by atoms with E-state index in [1.165, 1.54) is 6.20 Å². The average molecular weight is 307 g/mol. The summed E-state index contributed by atoms with van der Waals surface area (Å²) in [6.07, 6.45) is 3.11. The summed E-state index contributed by atoms with van der Waals surface area (Å²) in [5.41, 5.74) is 1.87. The summed E-state index contributed by atoms with van der Waals surface area (Å²) in [7, 11) is 0. The SMILES string of the molecule is O=C(Nc1cccc(CO)c1)c1cncc(Br)c1. The van der Waals surface area contributed by atoms with Crippen LogP contribution in [-0.2, 0) is 6.61 Å². The van der Waals surface area contributed by atoms with Crippen molar-refractivity contribution in [3.63, 3.8) is 0 Å². The Bertz CT molecular complexity index is 572. The lowest BCUT2D eigenvalue weighted by molar-refractivity contribution is 0.102. The van der Waals surface area contributed by atoms with Gasteiger partial charge in [-0.15, -0.1) is 0 Å². The molecule has 1 aromatic heterocycles. The van der Waals surface area contributed by atoms with Crippen LogP contribution < -0.4 is 5.32 Å². The molecule has 1 heterocycles. The molecule has 0 atom stereocenters. The zero-order chi connectivity index (χ0) is 13.0. The number of halogens is 1. The van der Waals surface area contributed by atoms with Gasteiger partial charge in [0.05, 0.1) is 12.2 Å². The molecule has 18 heavy (non-hydrogen) atoms. The van der Waals surface area contributed by atoms with Crippen LogP contribution in [0, 0.1) is 0 Å². The lowest BCUT2D eigenvalue weighted by Gasteiger charge is -2.06. The summed E-state index contributed by atoms with van der Waals surface area (Å²) >= 11 is 3.26. The minimum absolute atomic E-state index is 0.0534. The minimum Gasteiger partial charge on any atom is -0.392 e. The Morgan fingerprint density at radius 2 is 2.17 bits per heavy atom. The number of benzene rings is 1. The van der Waals surface area contributed by atoms with E-state index in [1.54, 1.807) is 36.5 Å². The number of hydrogen-bond acceptors (Lipinski definition) is 3. The van der Waals surface area contributed by atoms with Crippen LogP contribution in [0.5, 0.6) is 0 Å². The molecule has 0 aliphatic rings. The number of nitrogens with one attached hydrogen (secondary N) is 1. The van der Waals surface area contributed by atoms with E-state index in [2.05, 4.69) is 26.2 Å². The number of anilines is 1. The zero-order valence-electron chi connectivity index (χ0n) is 9.43. The Hall–Kier alpha value is -1.72. The van der Waals surface area contributed by atoms with Crippen molar-refractivity contribution < 1.29 is 9.90 Å². The molecule has 0 fully saturated rings. The number of aliphatic hydroxyl groups excluding tert-OH is 1. The van der Waals surface area contributed by atoms with Crippen LogP contribution in [0.2, 0.25) is 0 Å². The Morgan fingerprint density at radius 1 is 1.33 bits per heavy atom. The summed E-state index contributed by atoms with van der Waals surface area (Å²) < 4.78 is 0.749. The first-order valence-corrected chi connectivity index (χ1v) is 6.10. The first-order valence-electron chi connectivity index (χ1n) is 5.31. The van der Waals surface area contributed by atoms with Crippen LogP contribution in [0.15, 0.2) is 47.2 Å². The van der Waals surface area contributed by atoms with E-state index in [1.807, 2.05) is 0 Å². The third-order valence-electron chi connectivity index (χ3n) is 2.33. The summed E-state index contributed by atoms with van der Waals surface area (Å²) in [4.78, 5) is 15.9. The quantitative estimate of drug-likeness (QED) is 0.916. The predicted molar refractivity (Wildman–Crippen MR) is 72.3 cm³/mol. The predicted octanol–water partition coefficient (Wildman–Crippen LogP) is 2.59. The van der Waals surface area contributed by atoms with Crippen LogP contribution in [0.3, 0.4) is 0 Å². The van der Waals surface area contributed by atoms with Crippen molar-refractivity contribution in [1.29, 1.82) is 0 Å². The Balaban J connectivity index is 2.16. The van der Waals surface area contributed by atoms with Gasteiger partial charge in [0.25, 0.3) is 5.91 Å². The Labute approximate surface area is 113 Å². The molecule has 1 aromatic carbocycles. The number of rotatable bonds is 3.